The Morgan fingerprint density at radius 3 is 2.86 bits per heavy atom. The number of carboxylic acid groups (broad SMARTS) is 1. The number of amides is 1. The number of hydrogen-bond donors (Lipinski definition) is 1. The summed E-state index contributed by atoms with van der Waals surface area (Å²) in [6, 6.07) is -0.639. The summed E-state index contributed by atoms with van der Waals surface area (Å²) in [7, 11) is 0. The van der Waals surface area contributed by atoms with E-state index in [-0.39, 0.29) is 12.3 Å². The van der Waals surface area contributed by atoms with Crippen LogP contribution in [0.2, 0.25) is 0 Å². The van der Waals surface area contributed by atoms with Gasteiger partial charge in [0.05, 0.1) is 0 Å². The van der Waals surface area contributed by atoms with Gasteiger partial charge < -0.3 is 10.0 Å². The largest absolute Gasteiger partial charge is 0.480 e. The predicted octanol–water partition coefficient (Wildman–Crippen LogP) is 0.475. The van der Waals surface area contributed by atoms with Gasteiger partial charge in [0.25, 0.3) is 0 Å². The van der Waals surface area contributed by atoms with Gasteiger partial charge in [-0.1, -0.05) is 0 Å². The van der Waals surface area contributed by atoms with E-state index in [1.54, 1.807) is 0 Å². The van der Waals surface area contributed by atoms with Gasteiger partial charge >= 0.3 is 5.97 Å². The van der Waals surface area contributed by atoms with Gasteiger partial charge in [-0.3, -0.25) is 4.79 Å². The van der Waals surface area contributed by atoms with Crippen LogP contribution in [-0.2, 0) is 9.59 Å². The molecule has 1 atom stereocenters. The van der Waals surface area contributed by atoms with Crippen LogP contribution in [0.5, 0.6) is 0 Å². The highest BCUT2D eigenvalue weighted by atomic mass is 16.4. The van der Waals surface area contributed by atoms with Gasteiger partial charge in [-0.2, -0.15) is 0 Å². The van der Waals surface area contributed by atoms with Gasteiger partial charge in [-0.15, -0.1) is 12.3 Å². The lowest BCUT2D eigenvalue weighted by Crippen LogP contribution is -2.40. The van der Waals surface area contributed by atoms with Crippen molar-refractivity contribution in [3.8, 4) is 12.3 Å². The van der Waals surface area contributed by atoms with Crippen molar-refractivity contribution in [3.63, 3.8) is 0 Å². The third kappa shape index (κ3) is 2.25. The maximum atomic E-state index is 11.5. The van der Waals surface area contributed by atoms with Crippen molar-refractivity contribution < 1.29 is 14.7 Å². The standard InChI is InChI=1S/C10H13NO3/c1-2-3-6-9(12)11-7-4-5-8(11)10(13)14/h1,8H,3-7H2,(H,13,14)/t8-/m1/s1. The number of carbonyl (C=O) groups is 2. The first-order chi connectivity index (χ1) is 6.66. The monoisotopic (exact) mass is 195 g/mol. The molecule has 0 saturated carbocycles. The molecule has 1 N–H and O–H groups in total. The highest BCUT2D eigenvalue weighted by Crippen LogP contribution is 2.18. The minimum absolute atomic E-state index is 0.146. The van der Waals surface area contributed by atoms with Gasteiger partial charge in [0, 0.05) is 19.4 Å². The molecule has 0 aromatic rings. The predicted molar refractivity (Wildman–Crippen MR) is 50.4 cm³/mol. The van der Waals surface area contributed by atoms with Gasteiger partial charge in [0.2, 0.25) is 5.91 Å². The quantitative estimate of drug-likeness (QED) is 0.666. The molecule has 0 radical (unpaired) electrons. The Labute approximate surface area is 82.9 Å². The minimum Gasteiger partial charge on any atom is -0.480 e. The molecule has 4 heteroatoms. The van der Waals surface area contributed by atoms with Crippen LogP contribution in [0.25, 0.3) is 0 Å². The second kappa shape index (κ2) is 4.66. The number of nitrogens with zero attached hydrogens (tertiary/aromatic N) is 1. The average Bonchev–Trinajstić information content (AvgIpc) is 2.62. The lowest BCUT2D eigenvalue weighted by Gasteiger charge is -2.20. The number of likely N-dealkylation sites (tertiary alicyclic amines) is 1. The summed E-state index contributed by atoms with van der Waals surface area (Å²) in [6.07, 6.45) is 6.98. The average molecular weight is 195 g/mol. The zero-order chi connectivity index (χ0) is 10.6. The number of hydrogen-bond acceptors (Lipinski definition) is 2. The van der Waals surface area contributed by atoms with E-state index in [1.807, 2.05) is 0 Å². The lowest BCUT2D eigenvalue weighted by atomic mass is 10.2. The normalized spacial score (nSPS) is 20.5. The Morgan fingerprint density at radius 2 is 2.29 bits per heavy atom. The van der Waals surface area contributed by atoms with Crippen LogP contribution in [0.4, 0.5) is 0 Å². The van der Waals surface area contributed by atoms with E-state index >= 15 is 0 Å². The molecule has 0 aliphatic carbocycles. The summed E-state index contributed by atoms with van der Waals surface area (Å²) in [5, 5.41) is 8.82. The van der Waals surface area contributed by atoms with Crippen molar-refractivity contribution in [2.45, 2.75) is 31.7 Å². The highest BCUT2D eigenvalue weighted by Gasteiger charge is 2.33. The lowest BCUT2D eigenvalue weighted by molar-refractivity contribution is -0.148. The van der Waals surface area contributed by atoms with Crippen LogP contribution in [-0.4, -0.2) is 34.5 Å². The van der Waals surface area contributed by atoms with Crippen LogP contribution in [0.15, 0.2) is 0 Å². The Hall–Kier alpha value is -1.50. The van der Waals surface area contributed by atoms with E-state index < -0.39 is 12.0 Å². The molecule has 76 valence electrons. The number of aliphatic carboxylic acids is 1. The van der Waals surface area contributed by atoms with Gasteiger partial charge in [0.15, 0.2) is 0 Å². The zero-order valence-corrected chi connectivity index (χ0v) is 7.90. The molecule has 0 bridgehead atoms. The van der Waals surface area contributed by atoms with Crippen molar-refractivity contribution in [2.75, 3.05) is 6.54 Å². The smallest absolute Gasteiger partial charge is 0.326 e. The second-order valence-corrected chi connectivity index (χ2v) is 3.29. The Bertz CT molecular complexity index is 280. The molecule has 1 rings (SSSR count). The molecular weight excluding hydrogens is 182 g/mol. The number of terminal acetylenes is 1. The topological polar surface area (TPSA) is 57.6 Å². The number of carbonyl (C=O) groups excluding carboxylic acids is 1. The fourth-order valence-corrected chi connectivity index (χ4v) is 1.64. The fourth-order valence-electron chi connectivity index (χ4n) is 1.64. The molecule has 0 aromatic carbocycles. The first-order valence-corrected chi connectivity index (χ1v) is 4.62. The summed E-state index contributed by atoms with van der Waals surface area (Å²) < 4.78 is 0. The van der Waals surface area contributed by atoms with Crippen molar-refractivity contribution in [3.05, 3.63) is 0 Å². The molecule has 0 unspecified atom stereocenters. The SMILES string of the molecule is C#CCCC(=O)N1CCC[C@@H]1C(=O)O. The fraction of sp³-hybridized carbons (Fsp3) is 0.600. The molecule has 1 saturated heterocycles. The molecule has 1 aliphatic heterocycles. The third-order valence-electron chi connectivity index (χ3n) is 2.34. The van der Waals surface area contributed by atoms with E-state index in [1.165, 1.54) is 4.90 Å². The van der Waals surface area contributed by atoms with Gasteiger partial charge in [-0.25, -0.2) is 4.79 Å². The van der Waals surface area contributed by atoms with Crippen LogP contribution < -0.4 is 0 Å². The molecule has 0 aromatic heterocycles. The number of rotatable bonds is 3. The Morgan fingerprint density at radius 1 is 1.57 bits per heavy atom. The Kier molecular flexibility index (Phi) is 3.52. The van der Waals surface area contributed by atoms with Gasteiger partial charge in [-0.05, 0) is 12.8 Å². The third-order valence-corrected chi connectivity index (χ3v) is 2.34. The summed E-state index contributed by atoms with van der Waals surface area (Å²) in [4.78, 5) is 23.7. The highest BCUT2D eigenvalue weighted by molar-refractivity contribution is 5.84. The molecule has 14 heavy (non-hydrogen) atoms. The van der Waals surface area contributed by atoms with Crippen LogP contribution in [0, 0.1) is 12.3 Å². The maximum absolute atomic E-state index is 11.5. The molecule has 0 spiro atoms. The van der Waals surface area contributed by atoms with Crippen LogP contribution in [0.3, 0.4) is 0 Å². The summed E-state index contributed by atoms with van der Waals surface area (Å²) in [6.45, 7) is 0.542. The molecular formula is C10H13NO3. The molecule has 4 nitrogen and oxygen atoms in total. The first kappa shape index (κ1) is 10.6. The minimum atomic E-state index is -0.920. The second-order valence-electron chi connectivity index (χ2n) is 3.29. The maximum Gasteiger partial charge on any atom is 0.326 e. The zero-order valence-electron chi connectivity index (χ0n) is 7.90. The van der Waals surface area contributed by atoms with E-state index in [9.17, 15) is 9.59 Å². The molecule has 1 amide bonds. The van der Waals surface area contributed by atoms with E-state index in [4.69, 9.17) is 11.5 Å². The molecule has 1 fully saturated rings. The molecule has 1 heterocycles. The van der Waals surface area contributed by atoms with E-state index in [0.717, 1.165) is 6.42 Å². The summed E-state index contributed by atoms with van der Waals surface area (Å²) in [5.41, 5.74) is 0. The van der Waals surface area contributed by atoms with Crippen molar-refractivity contribution in [1.82, 2.24) is 4.90 Å². The van der Waals surface area contributed by atoms with E-state index in [0.29, 0.717) is 19.4 Å². The summed E-state index contributed by atoms with van der Waals surface area (Å²) in [5.74, 6) is 1.31. The van der Waals surface area contributed by atoms with Crippen LogP contribution >= 0.6 is 0 Å². The van der Waals surface area contributed by atoms with Crippen molar-refractivity contribution in [2.24, 2.45) is 0 Å². The van der Waals surface area contributed by atoms with Crippen molar-refractivity contribution in [1.29, 1.82) is 0 Å². The molecule has 1 aliphatic rings. The van der Waals surface area contributed by atoms with Gasteiger partial charge in [0.1, 0.15) is 6.04 Å². The first-order valence-electron chi connectivity index (χ1n) is 4.62. The van der Waals surface area contributed by atoms with Crippen LogP contribution in [0.1, 0.15) is 25.7 Å². The van der Waals surface area contributed by atoms with Crippen molar-refractivity contribution >= 4 is 11.9 Å². The summed E-state index contributed by atoms with van der Waals surface area (Å²) >= 11 is 0. The number of carboxylic acids is 1. The Balaban J connectivity index is 2.54. The van der Waals surface area contributed by atoms with E-state index in [2.05, 4.69) is 5.92 Å².